The van der Waals surface area contributed by atoms with Crippen LogP contribution in [0.4, 0.5) is 0 Å². The molecule has 1 saturated heterocycles. The first-order valence-corrected chi connectivity index (χ1v) is 13.1. The van der Waals surface area contributed by atoms with Crippen LogP contribution in [0.15, 0.2) is 23.3 Å². The minimum atomic E-state index is -1.14. The number of ether oxygens (including phenoxy) is 2. The molecule has 6 aliphatic rings. The summed E-state index contributed by atoms with van der Waals surface area (Å²) >= 11 is 0. The van der Waals surface area contributed by atoms with Crippen molar-refractivity contribution < 1.29 is 29.3 Å². The fourth-order valence-corrected chi connectivity index (χ4v) is 9.27. The van der Waals surface area contributed by atoms with E-state index >= 15 is 0 Å². The summed E-state index contributed by atoms with van der Waals surface area (Å²) in [5.74, 6) is -0.0746. The van der Waals surface area contributed by atoms with Crippen molar-refractivity contribution in [3.05, 3.63) is 23.3 Å². The molecular weight excluding hydrogens is 432 g/mol. The topological polar surface area (TPSA) is 96.4 Å². The zero-order valence-corrected chi connectivity index (χ0v) is 21.0. The quantitative estimate of drug-likeness (QED) is 0.474. The Balaban J connectivity index is 1.34. The van der Waals surface area contributed by atoms with Gasteiger partial charge in [-0.05, 0) is 82.1 Å². The minimum Gasteiger partial charge on any atom is -0.458 e. The lowest BCUT2D eigenvalue weighted by Gasteiger charge is -2.61. The number of rotatable bonds is 2. The Labute approximate surface area is 201 Å². The number of epoxide rings is 1. The highest BCUT2D eigenvalue weighted by atomic mass is 16.6. The molecule has 4 fully saturated rings. The maximum absolute atomic E-state index is 13.3. The van der Waals surface area contributed by atoms with E-state index in [4.69, 9.17) is 9.47 Å². The molecule has 11 atom stereocenters. The van der Waals surface area contributed by atoms with Gasteiger partial charge in [0.1, 0.15) is 17.8 Å². The van der Waals surface area contributed by atoms with Gasteiger partial charge in [0.05, 0.1) is 17.1 Å². The molecule has 2 aliphatic heterocycles. The first-order valence-electron chi connectivity index (χ1n) is 13.1. The number of hydrogen-bond acceptors (Lipinski definition) is 6. The number of ketones is 1. The average Bonchev–Trinajstić information content (AvgIpc) is 3.55. The Morgan fingerprint density at radius 2 is 1.79 bits per heavy atom. The molecule has 2 heterocycles. The number of carbonyl (C=O) groups excluding carboxylic acids is 2. The van der Waals surface area contributed by atoms with Gasteiger partial charge in [-0.1, -0.05) is 25.5 Å². The number of cyclic esters (lactones) is 1. The maximum Gasteiger partial charge on any atom is 0.333 e. The highest BCUT2D eigenvalue weighted by Gasteiger charge is 2.78. The van der Waals surface area contributed by atoms with Gasteiger partial charge in [-0.25, -0.2) is 4.79 Å². The molecule has 6 heteroatoms. The Morgan fingerprint density at radius 1 is 1.09 bits per heavy atom. The molecule has 4 aliphatic carbocycles. The molecule has 186 valence electrons. The SMILES string of the molecule is CC1=C(C)C(=O)O[C@@H]([C@@H](C)[C@]2(O)CC[C@H]3[C@@H]4[C@@H]5O[C@@H]5[C@@]5(O)CC=CC(=O)[C@]5(C)[C@H]4CC[C@@]32C)C1. The van der Waals surface area contributed by atoms with Crippen molar-refractivity contribution in [3.63, 3.8) is 0 Å². The van der Waals surface area contributed by atoms with Crippen LogP contribution in [0.3, 0.4) is 0 Å². The van der Waals surface area contributed by atoms with Gasteiger partial charge in [-0.3, -0.25) is 4.79 Å². The molecule has 0 spiro atoms. The van der Waals surface area contributed by atoms with Crippen LogP contribution in [0.5, 0.6) is 0 Å². The third kappa shape index (κ3) is 2.48. The molecular formula is C28H38O6. The second kappa shape index (κ2) is 6.83. The van der Waals surface area contributed by atoms with Crippen LogP contribution in [-0.2, 0) is 19.1 Å². The summed E-state index contributed by atoms with van der Waals surface area (Å²) in [6.07, 6.45) is 6.96. The zero-order valence-electron chi connectivity index (χ0n) is 21.0. The smallest absolute Gasteiger partial charge is 0.333 e. The molecule has 0 bridgehead atoms. The van der Waals surface area contributed by atoms with Gasteiger partial charge in [0.15, 0.2) is 5.78 Å². The third-order valence-electron chi connectivity index (χ3n) is 11.8. The number of carbonyl (C=O) groups is 2. The van der Waals surface area contributed by atoms with E-state index in [0.717, 1.165) is 24.8 Å². The van der Waals surface area contributed by atoms with Crippen LogP contribution in [0, 0.1) is 34.5 Å². The van der Waals surface area contributed by atoms with Crippen molar-refractivity contribution in [2.45, 2.75) is 103 Å². The van der Waals surface area contributed by atoms with E-state index in [0.29, 0.717) is 24.8 Å². The molecule has 0 amide bonds. The first kappa shape index (κ1) is 22.9. The summed E-state index contributed by atoms with van der Waals surface area (Å²) in [7, 11) is 0. The number of aliphatic hydroxyl groups is 2. The van der Waals surface area contributed by atoms with E-state index in [2.05, 4.69) is 6.92 Å². The lowest BCUT2D eigenvalue weighted by Crippen LogP contribution is -2.68. The minimum absolute atomic E-state index is 0.0159. The predicted molar refractivity (Wildman–Crippen MR) is 125 cm³/mol. The standard InChI is InChI=1S/C28H38O6/c1-14-13-19(33-24(30)15(14)2)16(3)27(31)12-9-17-21-18(8-11-25(17,27)4)26(5)20(29)7-6-10-28(26,32)23-22(21)34-23/h6-7,16-19,21-23,31-32H,8-13H2,1-5H3/t16-,17+,18+,19-,21+,22+,23+,25+,26+,27-,28+/m1/s1. The van der Waals surface area contributed by atoms with Gasteiger partial charge >= 0.3 is 5.97 Å². The van der Waals surface area contributed by atoms with Crippen LogP contribution in [0.25, 0.3) is 0 Å². The van der Waals surface area contributed by atoms with Crippen molar-refractivity contribution >= 4 is 11.8 Å². The van der Waals surface area contributed by atoms with Crippen LogP contribution in [0.2, 0.25) is 0 Å². The number of esters is 1. The molecule has 3 saturated carbocycles. The van der Waals surface area contributed by atoms with Crippen molar-refractivity contribution in [2.24, 2.45) is 34.5 Å². The second-order valence-electron chi connectivity index (χ2n) is 12.7. The Hall–Kier alpha value is -1.50. The van der Waals surface area contributed by atoms with Crippen LogP contribution < -0.4 is 0 Å². The summed E-state index contributed by atoms with van der Waals surface area (Å²) in [6, 6.07) is 0. The fourth-order valence-electron chi connectivity index (χ4n) is 9.27. The van der Waals surface area contributed by atoms with Crippen molar-refractivity contribution in [2.75, 3.05) is 0 Å². The first-order chi connectivity index (χ1) is 15.9. The summed E-state index contributed by atoms with van der Waals surface area (Å²) in [4.78, 5) is 25.7. The summed E-state index contributed by atoms with van der Waals surface area (Å²) < 4.78 is 12.0. The highest BCUT2D eigenvalue weighted by molar-refractivity contribution is 5.97. The second-order valence-corrected chi connectivity index (χ2v) is 12.7. The molecule has 0 aromatic carbocycles. The van der Waals surface area contributed by atoms with Gasteiger partial charge in [-0.15, -0.1) is 0 Å². The number of allylic oxidation sites excluding steroid dienone is 1. The summed E-state index contributed by atoms with van der Waals surface area (Å²) in [6.45, 7) is 9.99. The lowest BCUT2D eigenvalue weighted by atomic mass is 9.43. The maximum atomic E-state index is 13.3. The lowest BCUT2D eigenvalue weighted by molar-refractivity contribution is -0.202. The Kier molecular flexibility index (Phi) is 4.61. The molecule has 6 rings (SSSR count). The van der Waals surface area contributed by atoms with Crippen molar-refractivity contribution in [1.29, 1.82) is 0 Å². The van der Waals surface area contributed by atoms with Gasteiger partial charge in [0.2, 0.25) is 0 Å². The largest absolute Gasteiger partial charge is 0.458 e. The normalized spacial score (nSPS) is 54.6. The van der Waals surface area contributed by atoms with E-state index in [9.17, 15) is 19.8 Å². The predicted octanol–water partition coefficient (Wildman–Crippen LogP) is 3.50. The van der Waals surface area contributed by atoms with Gasteiger partial charge in [-0.2, -0.15) is 0 Å². The Morgan fingerprint density at radius 3 is 2.50 bits per heavy atom. The fraction of sp³-hybridized carbons (Fsp3) is 0.786. The number of fused-ring (bicyclic) bond motifs is 8. The molecule has 0 aromatic rings. The van der Waals surface area contributed by atoms with E-state index in [1.807, 2.05) is 20.8 Å². The molecule has 0 radical (unpaired) electrons. The van der Waals surface area contributed by atoms with E-state index in [1.165, 1.54) is 0 Å². The molecule has 2 N–H and O–H groups in total. The van der Waals surface area contributed by atoms with Crippen molar-refractivity contribution in [3.8, 4) is 0 Å². The van der Waals surface area contributed by atoms with Crippen LogP contribution >= 0.6 is 0 Å². The molecule has 34 heavy (non-hydrogen) atoms. The van der Waals surface area contributed by atoms with E-state index < -0.39 is 16.6 Å². The van der Waals surface area contributed by atoms with Gasteiger partial charge < -0.3 is 19.7 Å². The molecule has 6 nitrogen and oxygen atoms in total. The van der Waals surface area contributed by atoms with Crippen molar-refractivity contribution in [1.82, 2.24) is 0 Å². The summed E-state index contributed by atoms with van der Waals surface area (Å²) in [5, 5.41) is 24.0. The Bertz CT molecular complexity index is 1030. The number of hydrogen-bond donors (Lipinski definition) is 2. The average molecular weight is 471 g/mol. The monoisotopic (exact) mass is 470 g/mol. The molecule has 0 aromatic heterocycles. The van der Waals surface area contributed by atoms with E-state index in [1.54, 1.807) is 19.1 Å². The van der Waals surface area contributed by atoms with Gasteiger partial charge in [0.25, 0.3) is 0 Å². The zero-order chi connectivity index (χ0) is 24.4. The van der Waals surface area contributed by atoms with Crippen LogP contribution in [0.1, 0.15) is 73.1 Å². The van der Waals surface area contributed by atoms with Gasteiger partial charge in [0, 0.05) is 17.9 Å². The van der Waals surface area contributed by atoms with E-state index in [-0.39, 0.29) is 59.2 Å². The summed E-state index contributed by atoms with van der Waals surface area (Å²) in [5.41, 5.74) is -1.60. The third-order valence-corrected chi connectivity index (χ3v) is 11.8. The van der Waals surface area contributed by atoms with Crippen LogP contribution in [-0.4, -0.2) is 51.5 Å². The highest BCUT2D eigenvalue weighted by Crippen LogP contribution is 2.72. The molecule has 0 unspecified atom stereocenters.